The number of nitrogens with one attached hydrogen (secondary N) is 1. The minimum Gasteiger partial charge on any atom is -0.454 e. The second kappa shape index (κ2) is 5.97. The van der Waals surface area contributed by atoms with Gasteiger partial charge in [0.2, 0.25) is 6.79 Å². The van der Waals surface area contributed by atoms with Gasteiger partial charge in [-0.05, 0) is 37.5 Å². The first-order valence-corrected chi connectivity index (χ1v) is 5.14. The molecule has 1 aliphatic rings. The molecule has 2 rings (SSSR count). The number of halogens is 1. The molecule has 1 N–H and O–H groups in total. The van der Waals surface area contributed by atoms with Crippen LogP contribution in [0.15, 0.2) is 18.2 Å². The highest BCUT2D eigenvalue weighted by Crippen LogP contribution is 2.32. The monoisotopic (exact) mass is 246 g/mol. The topological polar surface area (TPSA) is 30.5 Å². The van der Waals surface area contributed by atoms with Gasteiger partial charge in [0.1, 0.15) is 0 Å². The van der Waals surface area contributed by atoms with Crippen molar-refractivity contribution in [1.82, 2.24) is 5.32 Å². The zero-order valence-electron chi connectivity index (χ0n) is 12.2. The lowest BCUT2D eigenvalue weighted by Gasteiger charge is -2.13. The number of hydrogen-bond donors (Lipinski definition) is 1. The summed E-state index contributed by atoms with van der Waals surface area (Å²) in [5.41, 5.74) is 1.04. The molecule has 1 atom stereocenters. The Kier molecular flexibility index (Phi) is 3.41. The Morgan fingerprint density at radius 2 is 2.25 bits per heavy atom. The van der Waals surface area contributed by atoms with Crippen LogP contribution in [-0.4, -0.2) is 19.8 Å². The fourth-order valence-corrected chi connectivity index (χ4v) is 1.65. The Bertz CT molecular complexity index is 426. The molecule has 90 valence electrons. The summed E-state index contributed by atoms with van der Waals surface area (Å²) in [6.45, 7) is 0.122. The van der Waals surface area contributed by atoms with Crippen molar-refractivity contribution in [1.29, 1.82) is 0 Å². The van der Waals surface area contributed by atoms with Crippen molar-refractivity contribution in [3.8, 4) is 11.5 Å². The maximum Gasteiger partial charge on any atom is 0.231 e. The van der Waals surface area contributed by atoms with Crippen LogP contribution in [0.2, 0.25) is 0 Å². The molecule has 1 aromatic carbocycles. The molecule has 0 spiro atoms. The number of hydrogen-bond acceptors (Lipinski definition) is 3. The Morgan fingerprint density at radius 1 is 1.44 bits per heavy atom. The van der Waals surface area contributed by atoms with Gasteiger partial charge in [-0.2, -0.15) is 0 Å². The van der Waals surface area contributed by atoms with E-state index in [2.05, 4.69) is 5.32 Å². The number of rotatable bonds is 4. The first-order valence-electron chi connectivity index (χ1n) is 6.64. The van der Waals surface area contributed by atoms with Gasteiger partial charge in [0.05, 0.1) is 0 Å². The summed E-state index contributed by atoms with van der Waals surface area (Å²) in [6.07, 6.45) is 1.42. The first kappa shape index (κ1) is 9.14. The van der Waals surface area contributed by atoms with Crippen molar-refractivity contribution < 1.29 is 13.6 Å². The number of ether oxygens (including phenoxy) is 2. The van der Waals surface area contributed by atoms with Crippen molar-refractivity contribution in [3.63, 3.8) is 0 Å². The predicted octanol–water partition coefficient (Wildman–Crippen LogP) is 2.38. The summed E-state index contributed by atoms with van der Waals surface area (Å²) in [5.74, 6) is 1.48. The van der Waals surface area contributed by atoms with Crippen molar-refractivity contribution >= 4 is 12.4 Å². The van der Waals surface area contributed by atoms with E-state index in [4.69, 9.17) is 13.6 Å². The Hall–Kier alpha value is -0.930. The quantitative estimate of drug-likeness (QED) is 0.885. The second-order valence-electron chi connectivity index (χ2n) is 3.64. The van der Waals surface area contributed by atoms with E-state index in [0.29, 0.717) is 6.42 Å². The van der Waals surface area contributed by atoms with Crippen LogP contribution in [0.1, 0.15) is 23.0 Å². The molecule has 0 aliphatic carbocycles. The molecule has 4 heteroatoms. The molecule has 0 fully saturated rings. The molecule has 3 nitrogen and oxygen atoms in total. The van der Waals surface area contributed by atoms with Crippen LogP contribution in [-0.2, 0) is 6.42 Å². The minimum absolute atomic E-state index is 0. The van der Waals surface area contributed by atoms with Gasteiger partial charge in [-0.25, -0.2) is 0 Å². The van der Waals surface area contributed by atoms with Crippen LogP contribution in [0, 0.1) is 0 Å². The molecular weight excluding hydrogens is 226 g/mol. The standard InChI is InChI=1S/C12H17NO2.ClH/c1-3-10(13-2)6-9-4-5-11-12(7-9)15-8-14-11;/h4-5,7,10,13H,3,6,8H2,1-2H3;1H/t10-;/m1./s1/i2D3;. The highest BCUT2D eigenvalue weighted by Gasteiger charge is 2.14. The molecule has 0 aromatic heterocycles. The summed E-state index contributed by atoms with van der Waals surface area (Å²) < 4.78 is 32.2. The van der Waals surface area contributed by atoms with E-state index >= 15 is 0 Å². The molecule has 0 saturated heterocycles. The van der Waals surface area contributed by atoms with Crippen LogP contribution < -0.4 is 14.8 Å². The highest BCUT2D eigenvalue weighted by atomic mass is 35.5. The molecule has 1 aliphatic heterocycles. The van der Waals surface area contributed by atoms with Gasteiger partial charge in [-0.3, -0.25) is 0 Å². The van der Waals surface area contributed by atoms with Crippen LogP contribution in [0.4, 0.5) is 0 Å². The van der Waals surface area contributed by atoms with Crippen LogP contribution in [0.3, 0.4) is 0 Å². The van der Waals surface area contributed by atoms with Crippen LogP contribution in [0.5, 0.6) is 11.5 Å². The van der Waals surface area contributed by atoms with Gasteiger partial charge in [-0.15, -0.1) is 12.4 Å². The second-order valence-corrected chi connectivity index (χ2v) is 3.64. The largest absolute Gasteiger partial charge is 0.454 e. The van der Waals surface area contributed by atoms with Gasteiger partial charge >= 0.3 is 0 Å². The Labute approximate surface area is 107 Å². The average Bonchev–Trinajstić information content (AvgIpc) is 2.73. The molecular formula is C12H18ClNO2. The predicted molar refractivity (Wildman–Crippen MR) is 66.7 cm³/mol. The van der Waals surface area contributed by atoms with E-state index in [0.717, 1.165) is 23.5 Å². The van der Waals surface area contributed by atoms with Crippen LogP contribution in [0.25, 0.3) is 0 Å². The van der Waals surface area contributed by atoms with Gasteiger partial charge in [-0.1, -0.05) is 13.0 Å². The number of benzene rings is 1. The fourth-order valence-electron chi connectivity index (χ4n) is 1.65. The zero-order valence-corrected chi connectivity index (χ0v) is 9.97. The number of fused-ring (bicyclic) bond motifs is 1. The molecule has 0 saturated carbocycles. The van der Waals surface area contributed by atoms with E-state index < -0.39 is 6.98 Å². The van der Waals surface area contributed by atoms with E-state index in [1.165, 1.54) is 0 Å². The maximum absolute atomic E-state index is 7.23. The maximum atomic E-state index is 7.23. The summed E-state index contributed by atoms with van der Waals surface area (Å²) in [5, 5.41) is 2.65. The van der Waals surface area contributed by atoms with Gasteiger partial charge < -0.3 is 14.8 Å². The Balaban J connectivity index is 0.00000180. The first-order chi connectivity index (χ1) is 8.48. The number of likely N-dealkylation sites (N-methyl/N-ethyl adjacent to an activating group) is 1. The summed E-state index contributed by atoms with van der Waals surface area (Å²) >= 11 is 0. The minimum atomic E-state index is -2.10. The van der Waals surface area contributed by atoms with E-state index in [1.807, 2.05) is 25.1 Å². The average molecular weight is 247 g/mol. The van der Waals surface area contributed by atoms with Gasteiger partial charge in [0.25, 0.3) is 0 Å². The third kappa shape index (κ3) is 2.80. The highest BCUT2D eigenvalue weighted by molar-refractivity contribution is 5.85. The van der Waals surface area contributed by atoms with Crippen molar-refractivity contribution in [2.45, 2.75) is 25.8 Å². The van der Waals surface area contributed by atoms with E-state index in [1.54, 1.807) is 0 Å². The summed E-state index contributed by atoms with van der Waals surface area (Å²) in [7, 11) is 0. The smallest absolute Gasteiger partial charge is 0.231 e. The SMILES string of the molecule is Cl.[2H]C([2H])([2H])N[C@H](CC)Cc1ccc2c(c1)OCO2. The molecule has 0 amide bonds. The van der Waals surface area contributed by atoms with Crippen LogP contribution >= 0.6 is 12.4 Å². The fraction of sp³-hybridized carbons (Fsp3) is 0.500. The Morgan fingerprint density at radius 3 is 3.00 bits per heavy atom. The third-order valence-corrected chi connectivity index (χ3v) is 2.62. The lowest BCUT2D eigenvalue weighted by atomic mass is 10.0. The van der Waals surface area contributed by atoms with Crippen molar-refractivity contribution in [2.75, 3.05) is 13.8 Å². The summed E-state index contributed by atoms with van der Waals surface area (Å²) in [6, 6.07) is 5.64. The third-order valence-electron chi connectivity index (χ3n) is 2.62. The normalized spacial score (nSPS) is 17.9. The lowest BCUT2D eigenvalue weighted by molar-refractivity contribution is 0.174. The van der Waals surface area contributed by atoms with Gasteiger partial charge in [0.15, 0.2) is 11.5 Å². The van der Waals surface area contributed by atoms with E-state index in [-0.39, 0.29) is 25.2 Å². The van der Waals surface area contributed by atoms with E-state index in [9.17, 15) is 0 Å². The molecule has 16 heavy (non-hydrogen) atoms. The molecule has 0 radical (unpaired) electrons. The summed E-state index contributed by atoms with van der Waals surface area (Å²) in [4.78, 5) is 0. The van der Waals surface area contributed by atoms with Crippen molar-refractivity contribution in [2.24, 2.45) is 0 Å². The lowest BCUT2D eigenvalue weighted by Crippen LogP contribution is -2.26. The molecule has 1 aromatic rings. The molecule has 0 unspecified atom stereocenters. The van der Waals surface area contributed by atoms with Gasteiger partial charge in [0, 0.05) is 10.2 Å². The zero-order chi connectivity index (χ0) is 13.2. The molecule has 0 bridgehead atoms. The molecule has 1 heterocycles. The van der Waals surface area contributed by atoms with Crippen molar-refractivity contribution in [3.05, 3.63) is 23.8 Å².